The molecule has 0 unspecified atom stereocenters. The van der Waals surface area contributed by atoms with Crippen LogP contribution in [0.1, 0.15) is 0 Å². The topological polar surface area (TPSA) is 65.0 Å². The molecule has 56 heavy (non-hydrogen) atoms. The first kappa shape index (κ1) is 30.8. The van der Waals surface area contributed by atoms with Gasteiger partial charge in [-0.05, 0) is 85.9 Å². The maximum absolute atomic E-state index is 6.27. The highest BCUT2D eigenvalue weighted by molar-refractivity contribution is 6.19. The summed E-state index contributed by atoms with van der Waals surface area (Å²) in [5.41, 5.74) is 8.33. The largest absolute Gasteiger partial charge is 0.456 e. The van der Waals surface area contributed by atoms with Crippen molar-refractivity contribution in [3.05, 3.63) is 176 Å². The minimum absolute atomic E-state index is 0.599. The van der Waals surface area contributed by atoms with Gasteiger partial charge in [-0.25, -0.2) is 15.0 Å². The van der Waals surface area contributed by atoms with E-state index in [0.29, 0.717) is 17.5 Å². The number of hydrogen-bond acceptors (Lipinski definition) is 5. The molecule has 0 radical (unpaired) electrons. The lowest BCUT2D eigenvalue weighted by molar-refractivity contribution is 0.668. The van der Waals surface area contributed by atoms with Crippen LogP contribution in [0.4, 0.5) is 0 Å². The van der Waals surface area contributed by atoms with Gasteiger partial charge in [-0.2, -0.15) is 0 Å². The van der Waals surface area contributed by atoms with Crippen molar-refractivity contribution in [3.8, 4) is 45.3 Å². The van der Waals surface area contributed by atoms with Gasteiger partial charge >= 0.3 is 0 Å². The summed E-state index contributed by atoms with van der Waals surface area (Å²) in [5, 5.41) is 11.3. The van der Waals surface area contributed by atoms with Gasteiger partial charge in [0, 0.05) is 38.2 Å². The zero-order chi connectivity index (χ0) is 36.7. The molecular formula is C51H29N3O2. The summed E-state index contributed by atoms with van der Waals surface area (Å²) in [6.45, 7) is 0. The lowest BCUT2D eigenvalue weighted by Crippen LogP contribution is -2.00. The molecule has 0 atom stereocenters. The van der Waals surface area contributed by atoms with Crippen LogP contribution < -0.4 is 0 Å². The predicted octanol–water partition coefficient (Wildman–Crippen LogP) is 13.8. The van der Waals surface area contributed by atoms with Gasteiger partial charge in [0.25, 0.3) is 0 Å². The number of para-hydroxylation sites is 2. The molecule has 0 aliphatic rings. The zero-order valence-corrected chi connectivity index (χ0v) is 29.9. The van der Waals surface area contributed by atoms with Gasteiger partial charge in [0.05, 0.1) is 0 Å². The molecule has 0 aliphatic carbocycles. The molecule has 0 fully saturated rings. The number of hydrogen-bond donors (Lipinski definition) is 0. The maximum Gasteiger partial charge on any atom is 0.164 e. The third-order valence-electron chi connectivity index (χ3n) is 11.1. The van der Waals surface area contributed by atoms with E-state index in [9.17, 15) is 0 Å². The van der Waals surface area contributed by atoms with Crippen LogP contribution in [-0.4, -0.2) is 15.0 Å². The molecule has 0 spiro atoms. The minimum Gasteiger partial charge on any atom is -0.456 e. The van der Waals surface area contributed by atoms with E-state index >= 15 is 0 Å². The fourth-order valence-electron chi connectivity index (χ4n) is 8.44. The fourth-order valence-corrected chi connectivity index (χ4v) is 8.44. The second kappa shape index (κ2) is 11.9. The van der Waals surface area contributed by atoms with E-state index in [1.165, 1.54) is 16.2 Å². The van der Waals surface area contributed by atoms with Crippen LogP contribution in [0.3, 0.4) is 0 Å². The van der Waals surface area contributed by atoms with E-state index in [2.05, 4.69) is 146 Å². The Morgan fingerprint density at radius 1 is 0.286 bits per heavy atom. The number of aromatic nitrogens is 3. The van der Waals surface area contributed by atoms with Crippen molar-refractivity contribution in [1.82, 2.24) is 15.0 Å². The monoisotopic (exact) mass is 715 g/mol. The lowest BCUT2D eigenvalue weighted by atomic mass is 9.97. The average Bonchev–Trinajstić information content (AvgIpc) is 3.85. The standard InChI is InChI=1S/C51H29N3O2/c1-2-12-37-30(9-1)19-21-33-28-35(23-25-38(33)37)50-52-49(34-11-7-10-32(27-34)39-15-8-18-45-47(39)40-13-3-5-16-43(40)55-45)53-51(54-50)36-22-20-31-24-26-46-48(42(31)29-36)41-14-4-6-17-44(41)56-46/h1-29H. The minimum atomic E-state index is 0.599. The molecule has 0 saturated carbocycles. The van der Waals surface area contributed by atoms with Gasteiger partial charge in [0.2, 0.25) is 0 Å². The number of nitrogens with zero attached hydrogens (tertiary/aromatic N) is 3. The van der Waals surface area contributed by atoms with Gasteiger partial charge in [-0.3, -0.25) is 0 Å². The number of fused-ring (bicyclic) bond motifs is 11. The van der Waals surface area contributed by atoms with Gasteiger partial charge in [-0.1, -0.05) is 133 Å². The Morgan fingerprint density at radius 2 is 0.804 bits per heavy atom. The van der Waals surface area contributed by atoms with E-state index < -0.39 is 0 Å². The van der Waals surface area contributed by atoms with E-state index in [-0.39, 0.29) is 0 Å². The molecule has 0 saturated heterocycles. The molecule has 260 valence electrons. The van der Waals surface area contributed by atoms with Crippen molar-refractivity contribution in [1.29, 1.82) is 0 Å². The Labute approximate surface area is 320 Å². The molecule has 5 nitrogen and oxygen atoms in total. The number of rotatable bonds is 4. The van der Waals surface area contributed by atoms with E-state index in [0.717, 1.165) is 87.9 Å². The SMILES string of the molecule is c1cc(-c2nc(-c3ccc4c(ccc5ccccc54)c3)nc(-c3ccc4ccc5oc6ccccc6c5c4c3)n2)cc(-c2cccc3oc4ccccc4c23)c1. The van der Waals surface area contributed by atoms with Crippen LogP contribution in [0.25, 0.3) is 121 Å². The molecule has 12 aromatic rings. The van der Waals surface area contributed by atoms with E-state index in [4.69, 9.17) is 23.8 Å². The third kappa shape index (κ3) is 4.78. The second-order valence-corrected chi connectivity index (χ2v) is 14.4. The van der Waals surface area contributed by atoms with Crippen LogP contribution in [-0.2, 0) is 0 Å². The van der Waals surface area contributed by atoms with Crippen LogP contribution in [0.15, 0.2) is 185 Å². The summed E-state index contributed by atoms with van der Waals surface area (Å²) in [4.78, 5) is 15.6. The second-order valence-electron chi connectivity index (χ2n) is 14.4. The Balaban J connectivity index is 1.07. The smallest absolute Gasteiger partial charge is 0.164 e. The Bertz CT molecular complexity index is 3560. The van der Waals surface area contributed by atoms with Crippen molar-refractivity contribution in [3.63, 3.8) is 0 Å². The molecule has 0 aliphatic heterocycles. The molecular weight excluding hydrogens is 687 g/mol. The lowest BCUT2D eigenvalue weighted by Gasteiger charge is -2.12. The van der Waals surface area contributed by atoms with Gasteiger partial charge < -0.3 is 8.83 Å². The zero-order valence-electron chi connectivity index (χ0n) is 29.9. The Kier molecular flexibility index (Phi) is 6.56. The normalized spacial score (nSPS) is 11.9. The molecule has 12 rings (SSSR count). The Morgan fingerprint density at radius 3 is 1.61 bits per heavy atom. The highest BCUT2D eigenvalue weighted by Gasteiger charge is 2.18. The van der Waals surface area contributed by atoms with Gasteiger partial charge in [-0.15, -0.1) is 0 Å². The van der Waals surface area contributed by atoms with Crippen molar-refractivity contribution >= 4 is 76.2 Å². The van der Waals surface area contributed by atoms with Crippen molar-refractivity contribution < 1.29 is 8.83 Å². The Hall–Kier alpha value is -7.63. The summed E-state index contributed by atoms with van der Waals surface area (Å²) >= 11 is 0. The first-order valence-electron chi connectivity index (χ1n) is 18.8. The summed E-state index contributed by atoms with van der Waals surface area (Å²) in [6, 6.07) is 61.1. The molecule has 0 amide bonds. The third-order valence-corrected chi connectivity index (χ3v) is 11.1. The summed E-state index contributed by atoms with van der Waals surface area (Å²) in [6.07, 6.45) is 0. The highest BCUT2D eigenvalue weighted by atomic mass is 16.3. The summed E-state index contributed by atoms with van der Waals surface area (Å²) in [5.74, 6) is 1.81. The predicted molar refractivity (Wildman–Crippen MR) is 229 cm³/mol. The van der Waals surface area contributed by atoms with E-state index in [1.54, 1.807) is 0 Å². The van der Waals surface area contributed by atoms with Crippen LogP contribution in [0.5, 0.6) is 0 Å². The number of furan rings is 2. The first-order chi connectivity index (χ1) is 27.7. The van der Waals surface area contributed by atoms with E-state index in [1.807, 2.05) is 30.3 Å². The maximum atomic E-state index is 6.27. The van der Waals surface area contributed by atoms with Crippen LogP contribution in [0, 0.1) is 0 Å². The first-order valence-corrected chi connectivity index (χ1v) is 18.8. The number of benzene rings is 9. The quantitative estimate of drug-likeness (QED) is 0.170. The van der Waals surface area contributed by atoms with Crippen molar-refractivity contribution in [2.45, 2.75) is 0 Å². The molecule has 3 aromatic heterocycles. The van der Waals surface area contributed by atoms with Gasteiger partial charge in [0.1, 0.15) is 22.3 Å². The van der Waals surface area contributed by atoms with Gasteiger partial charge in [0.15, 0.2) is 17.5 Å². The van der Waals surface area contributed by atoms with Crippen molar-refractivity contribution in [2.24, 2.45) is 0 Å². The average molecular weight is 716 g/mol. The molecule has 0 N–H and O–H groups in total. The molecule has 0 bridgehead atoms. The summed E-state index contributed by atoms with van der Waals surface area (Å²) < 4.78 is 12.5. The highest BCUT2D eigenvalue weighted by Crippen LogP contribution is 2.39. The van der Waals surface area contributed by atoms with Crippen LogP contribution >= 0.6 is 0 Å². The summed E-state index contributed by atoms with van der Waals surface area (Å²) in [7, 11) is 0. The van der Waals surface area contributed by atoms with Crippen LogP contribution in [0.2, 0.25) is 0 Å². The molecule has 5 heteroatoms. The molecule has 9 aromatic carbocycles. The fraction of sp³-hybridized carbons (Fsp3) is 0. The molecule has 3 heterocycles. The van der Waals surface area contributed by atoms with Crippen molar-refractivity contribution in [2.75, 3.05) is 0 Å².